The summed E-state index contributed by atoms with van der Waals surface area (Å²) >= 11 is 0. The van der Waals surface area contributed by atoms with Gasteiger partial charge in [0.15, 0.2) is 0 Å². The van der Waals surface area contributed by atoms with Gasteiger partial charge < -0.3 is 15.0 Å². The van der Waals surface area contributed by atoms with Gasteiger partial charge in [-0.05, 0) is 43.5 Å². The van der Waals surface area contributed by atoms with Crippen LogP contribution in [0.5, 0.6) is 5.75 Å². The molecule has 9 nitrogen and oxygen atoms in total. The third-order valence-corrected chi connectivity index (χ3v) is 5.47. The highest BCUT2D eigenvalue weighted by atomic mass is 16.5. The van der Waals surface area contributed by atoms with Crippen LogP contribution in [-0.4, -0.2) is 52.2 Å². The van der Waals surface area contributed by atoms with Gasteiger partial charge in [0.25, 0.3) is 11.5 Å². The molecule has 3 heterocycles. The van der Waals surface area contributed by atoms with E-state index in [-0.39, 0.29) is 18.0 Å². The predicted molar refractivity (Wildman–Crippen MR) is 121 cm³/mol. The van der Waals surface area contributed by atoms with Crippen molar-refractivity contribution in [1.29, 1.82) is 0 Å². The summed E-state index contributed by atoms with van der Waals surface area (Å²) in [7, 11) is 1.60. The SMILES string of the molecule is COc1ccc(-c2cc(=O)n(CCNC(=O)c3cc(N4CCCCC4)ncn3)cn2)cc1. The number of methoxy groups -OCH3 is 1. The lowest BCUT2D eigenvalue weighted by Crippen LogP contribution is -2.32. The molecule has 1 N–H and O–H groups in total. The van der Waals surface area contributed by atoms with E-state index in [4.69, 9.17) is 4.74 Å². The monoisotopic (exact) mass is 434 g/mol. The van der Waals surface area contributed by atoms with Crippen molar-refractivity contribution in [2.24, 2.45) is 0 Å². The molecule has 0 aliphatic carbocycles. The van der Waals surface area contributed by atoms with Crippen molar-refractivity contribution in [2.75, 3.05) is 31.6 Å². The molecule has 1 amide bonds. The molecule has 1 saturated heterocycles. The highest BCUT2D eigenvalue weighted by Gasteiger charge is 2.15. The summed E-state index contributed by atoms with van der Waals surface area (Å²) in [6.45, 7) is 2.48. The van der Waals surface area contributed by atoms with Crippen LogP contribution in [0.4, 0.5) is 5.82 Å². The number of amides is 1. The van der Waals surface area contributed by atoms with Crippen molar-refractivity contribution in [2.45, 2.75) is 25.8 Å². The molecule has 1 aromatic carbocycles. The molecule has 9 heteroatoms. The summed E-state index contributed by atoms with van der Waals surface area (Å²) in [5.74, 6) is 1.23. The van der Waals surface area contributed by atoms with Gasteiger partial charge in [-0.1, -0.05) is 0 Å². The second kappa shape index (κ2) is 10.0. The molecule has 0 unspecified atom stereocenters. The van der Waals surface area contributed by atoms with Gasteiger partial charge in [-0.15, -0.1) is 0 Å². The fourth-order valence-corrected chi connectivity index (χ4v) is 3.66. The van der Waals surface area contributed by atoms with E-state index < -0.39 is 0 Å². The Labute approximate surface area is 186 Å². The number of hydrogen-bond donors (Lipinski definition) is 1. The van der Waals surface area contributed by atoms with E-state index in [0.29, 0.717) is 17.9 Å². The normalized spacial score (nSPS) is 13.6. The van der Waals surface area contributed by atoms with Crippen LogP contribution in [-0.2, 0) is 6.54 Å². The van der Waals surface area contributed by atoms with E-state index in [0.717, 1.165) is 43.1 Å². The van der Waals surface area contributed by atoms with Crippen LogP contribution < -0.4 is 20.5 Å². The highest BCUT2D eigenvalue weighted by molar-refractivity contribution is 5.92. The molecule has 0 bridgehead atoms. The standard InChI is InChI=1S/C23H26N6O3/c1-32-18-7-5-17(6-8-18)19-14-22(30)29(16-27-19)12-9-24-23(31)20-13-21(26-15-25-20)28-10-3-2-4-11-28/h5-8,13-16H,2-4,9-12H2,1H3,(H,24,31). The number of nitrogens with zero attached hydrogens (tertiary/aromatic N) is 5. The number of hydrogen-bond acceptors (Lipinski definition) is 7. The van der Waals surface area contributed by atoms with Crippen LogP contribution in [0, 0.1) is 0 Å². The lowest BCUT2D eigenvalue weighted by molar-refractivity contribution is 0.0947. The Bertz CT molecular complexity index is 1120. The Morgan fingerprint density at radius 2 is 1.84 bits per heavy atom. The fraction of sp³-hybridized carbons (Fsp3) is 0.348. The lowest BCUT2D eigenvalue weighted by Gasteiger charge is -2.27. The number of anilines is 1. The number of aromatic nitrogens is 4. The van der Waals surface area contributed by atoms with E-state index in [1.165, 1.54) is 29.7 Å². The minimum absolute atomic E-state index is 0.186. The largest absolute Gasteiger partial charge is 0.497 e. The van der Waals surface area contributed by atoms with Crippen LogP contribution in [0.3, 0.4) is 0 Å². The van der Waals surface area contributed by atoms with Crippen LogP contribution >= 0.6 is 0 Å². The van der Waals surface area contributed by atoms with Gasteiger partial charge in [0.2, 0.25) is 0 Å². The zero-order valence-corrected chi connectivity index (χ0v) is 18.0. The highest BCUT2D eigenvalue weighted by Crippen LogP contribution is 2.19. The third-order valence-electron chi connectivity index (χ3n) is 5.47. The van der Waals surface area contributed by atoms with Crippen molar-refractivity contribution < 1.29 is 9.53 Å². The molecule has 1 fully saturated rings. The van der Waals surface area contributed by atoms with Gasteiger partial charge in [-0.3, -0.25) is 14.2 Å². The van der Waals surface area contributed by atoms with Crippen LogP contribution in [0.2, 0.25) is 0 Å². The van der Waals surface area contributed by atoms with E-state index in [2.05, 4.69) is 25.2 Å². The maximum absolute atomic E-state index is 12.5. The van der Waals surface area contributed by atoms with Crippen LogP contribution in [0.25, 0.3) is 11.3 Å². The zero-order valence-electron chi connectivity index (χ0n) is 18.0. The maximum atomic E-state index is 12.5. The molecule has 0 atom stereocenters. The van der Waals surface area contributed by atoms with Crippen molar-refractivity contribution in [3.8, 4) is 17.0 Å². The first-order valence-electron chi connectivity index (χ1n) is 10.7. The van der Waals surface area contributed by atoms with Gasteiger partial charge in [0.1, 0.15) is 23.6 Å². The Kier molecular flexibility index (Phi) is 6.74. The second-order valence-electron chi connectivity index (χ2n) is 7.60. The van der Waals surface area contributed by atoms with E-state index in [9.17, 15) is 9.59 Å². The summed E-state index contributed by atoms with van der Waals surface area (Å²) in [5.41, 5.74) is 1.55. The first-order valence-corrected chi connectivity index (χ1v) is 10.7. The zero-order chi connectivity index (χ0) is 22.3. The number of carbonyl (C=O) groups is 1. The predicted octanol–water partition coefficient (Wildman–Crippen LogP) is 2.13. The number of carbonyl (C=O) groups excluding carboxylic acids is 1. The number of benzene rings is 1. The first kappa shape index (κ1) is 21.5. The van der Waals surface area contributed by atoms with Crippen molar-refractivity contribution in [1.82, 2.24) is 24.8 Å². The number of piperidine rings is 1. The minimum atomic E-state index is -0.290. The maximum Gasteiger partial charge on any atom is 0.270 e. The molecule has 4 rings (SSSR count). The van der Waals surface area contributed by atoms with Crippen molar-refractivity contribution in [3.63, 3.8) is 0 Å². The van der Waals surface area contributed by atoms with Crippen molar-refractivity contribution >= 4 is 11.7 Å². The van der Waals surface area contributed by atoms with Gasteiger partial charge in [0.05, 0.1) is 19.1 Å². The average molecular weight is 435 g/mol. The smallest absolute Gasteiger partial charge is 0.270 e. The van der Waals surface area contributed by atoms with Crippen LogP contribution in [0.15, 0.2) is 53.8 Å². The summed E-state index contributed by atoms with van der Waals surface area (Å²) in [6.07, 6.45) is 6.40. The topological polar surface area (TPSA) is 102 Å². The number of ether oxygens (including phenoxy) is 1. The Morgan fingerprint density at radius 1 is 1.06 bits per heavy atom. The van der Waals surface area contributed by atoms with Gasteiger partial charge in [-0.25, -0.2) is 15.0 Å². The molecule has 166 valence electrons. The number of nitrogens with one attached hydrogen (secondary N) is 1. The minimum Gasteiger partial charge on any atom is -0.497 e. The fourth-order valence-electron chi connectivity index (χ4n) is 3.66. The van der Waals surface area contributed by atoms with Crippen LogP contribution in [0.1, 0.15) is 29.8 Å². The summed E-state index contributed by atoms with van der Waals surface area (Å²) in [6, 6.07) is 10.6. The van der Waals surface area contributed by atoms with E-state index in [1.54, 1.807) is 13.2 Å². The molecule has 3 aromatic rings. The van der Waals surface area contributed by atoms with Gasteiger partial charge in [-0.2, -0.15) is 0 Å². The van der Waals surface area contributed by atoms with Gasteiger partial charge in [0, 0.05) is 43.9 Å². The quantitative estimate of drug-likeness (QED) is 0.608. The summed E-state index contributed by atoms with van der Waals surface area (Å²) in [5, 5.41) is 2.81. The molecule has 32 heavy (non-hydrogen) atoms. The second-order valence-corrected chi connectivity index (χ2v) is 7.60. The van der Waals surface area contributed by atoms with Crippen molar-refractivity contribution in [3.05, 3.63) is 65.1 Å². The van der Waals surface area contributed by atoms with E-state index >= 15 is 0 Å². The molecular weight excluding hydrogens is 408 g/mol. The van der Waals surface area contributed by atoms with E-state index in [1.807, 2.05) is 24.3 Å². The molecule has 1 aliphatic heterocycles. The molecular formula is C23H26N6O3. The lowest BCUT2D eigenvalue weighted by atomic mass is 10.1. The molecule has 2 aromatic heterocycles. The average Bonchev–Trinajstić information content (AvgIpc) is 2.85. The molecule has 0 radical (unpaired) electrons. The Morgan fingerprint density at radius 3 is 2.56 bits per heavy atom. The Balaban J connectivity index is 1.35. The summed E-state index contributed by atoms with van der Waals surface area (Å²) < 4.78 is 6.61. The molecule has 0 spiro atoms. The van der Waals surface area contributed by atoms with Gasteiger partial charge >= 0.3 is 0 Å². The molecule has 1 aliphatic rings. The number of rotatable bonds is 7. The Hall–Kier alpha value is -3.75. The third kappa shape index (κ3) is 5.11. The molecule has 0 saturated carbocycles. The summed E-state index contributed by atoms with van der Waals surface area (Å²) in [4.78, 5) is 39.9. The first-order chi connectivity index (χ1) is 15.6.